The number of carbonyl (C=O) groups is 1. The van der Waals surface area contributed by atoms with Crippen molar-refractivity contribution in [3.63, 3.8) is 0 Å². The van der Waals surface area contributed by atoms with Crippen LogP contribution in [0, 0.1) is 6.92 Å². The Morgan fingerprint density at radius 2 is 1.82 bits per heavy atom. The third-order valence-electron chi connectivity index (χ3n) is 5.57. The lowest BCUT2D eigenvalue weighted by molar-refractivity contribution is 0.251. The first-order chi connectivity index (χ1) is 16.0. The topological polar surface area (TPSA) is 71.8 Å². The number of halogens is 1. The molecule has 0 aliphatic carbocycles. The van der Waals surface area contributed by atoms with Gasteiger partial charge in [-0.3, -0.25) is 0 Å². The predicted octanol–water partition coefficient (Wildman–Crippen LogP) is 6.11. The van der Waals surface area contributed by atoms with E-state index in [0.717, 1.165) is 58.1 Å². The van der Waals surface area contributed by atoms with Gasteiger partial charge in [0.25, 0.3) is 0 Å². The molecule has 0 unspecified atom stereocenters. The third kappa shape index (κ3) is 5.52. The van der Waals surface area contributed by atoms with E-state index in [9.17, 15) is 4.79 Å². The van der Waals surface area contributed by atoms with E-state index in [2.05, 4.69) is 22.1 Å². The average molecular weight is 462 g/mol. The highest BCUT2D eigenvalue weighted by Crippen LogP contribution is 2.25. The van der Waals surface area contributed by atoms with Crippen LogP contribution in [-0.2, 0) is 19.5 Å². The van der Waals surface area contributed by atoms with Crippen molar-refractivity contribution in [3.05, 3.63) is 88.3 Å². The minimum Gasteiger partial charge on any atom is -0.334 e. The van der Waals surface area contributed by atoms with Crippen molar-refractivity contribution in [1.82, 2.24) is 19.9 Å². The molecular weight excluding hydrogens is 434 g/mol. The highest BCUT2D eigenvalue weighted by molar-refractivity contribution is 6.31. The summed E-state index contributed by atoms with van der Waals surface area (Å²) in [6.45, 7) is 5.12. The van der Waals surface area contributed by atoms with Crippen LogP contribution in [0.5, 0.6) is 0 Å². The number of hydrogen-bond acceptors (Lipinski definition) is 3. The van der Waals surface area contributed by atoms with Gasteiger partial charge in [0.05, 0.1) is 17.9 Å². The fourth-order valence-electron chi connectivity index (χ4n) is 3.74. The molecule has 33 heavy (non-hydrogen) atoms. The minimum absolute atomic E-state index is 0.273. The molecule has 2 amide bonds. The summed E-state index contributed by atoms with van der Waals surface area (Å²) >= 11 is 6.43. The Bertz CT molecular complexity index is 1250. The number of aromatic nitrogens is 3. The Morgan fingerprint density at radius 1 is 1.06 bits per heavy atom. The van der Waals surface area contributed by atoms with Gasteiger partial charge in [-0.1, -0.05) is 73.5 Å². The van der Waals surface area contributed by atoms with Crippen molar-refractivity contribution >= 4 is 34.5 Å². The van der Waals surface area contributed by atoms with Crippen molar-refractivity contribution in [2.45, 2.75) is 46.2 Å². The van der Waals surface area contributed by atoms with Gasteiger partial charge in [-0.25, -0.2) is 14.8 Å². The summed E-state index contributed by atoms with van der Waals surface area (Å²) in [5, 5.41) is 6.54. The van der Waals surface area contributed by atoms with Gasteiger partial charge in [0, 0.05) is 18.0 Å². The molecule has 0 saturated carbocycles. The van der Waals surface area contributed by atoms with Crippen molar-refractivity contribution in [2.75, 3.05) is 5.32 Å². The lowest BCUT2D eigenvalue weighted by Crippen LogP contribution is -2.28. The van der Waals surface area contributed by atoms with Crippen LogP contribution in [0.25, 0.3) is 11.2 Å². The van der Waals surface area contributed by atoms with Gasteiger partial charge in [-0.2, -0.15) is 0 Å². The quantitative estimate of drug-likeness (QED) is 0.332. The number of carbonyl (C=O) groups excluding carboxylic acids is 1. The second-order valence-corrected chi connectivity index (χ2v) is 8.47. The molecule has 2 heterocycles. The normalized spacial score (nSPS) is 11.0. The number of pyridine rings is 1. The summed E-state index contributed by atoms with van der Waals surface area (Å²) in [5.41, 5.74) is 5.01. The van der Waals surface area contributed by atoms with E-state index in [4.69, 9.17) is 21.6 Å². The summed E-state index contributed by atoms with van der Waals surface area (Å²) in [4.78, 5) is 22.2. The number of benzene rings is 2. The molecule has 4 aromatic rings. The highest BCUT2D eigenvalue weighted by atomic mass is 35.5. The lowest BCUT2D eigenvalue weighted by atomic mass is 10.2. The largest absolute Gasteiger partial charge is 0.334 e. The second kappa shape index (κ2) is 10.5. The van der Waals surface area contributed by atoms with E-state index in [-0.39, 0.29) is 6.03 Å². The molecule has 0 saturated heterocycles. The molecule has 2 aromatic heterocycles. The molecule has 0 fully saturated rings. The standard InChI is InChI=1S/C26H28ClN5O/c1-3-4-14-24-30-23-15-22(31-26(33)28-16-19-10-6-5-7-11-19)18(2)29-25(23)32(24)17-20-12-8-9-13-21(20)27/h5-13,15H,3-4,14,16-17H2,1-2H3,(H2,28,31,33). The number of amides is 2. The average Bonchev–Trinajstić information content (AvgIpc) is 3.14. The van der Waals surface area contributed by atoms with Crippen molar-refractivity contribution in [2.24, 2.45) is 0 Å². The van der Waals surface area contributed by atoms with Crippen LogP contribution in [0.2, 0.25) is 5.02 Å². The maximum absolute atomic E-state index is 12.5. The number of imidazole rings is 1. The first-order valence-electron chi connectivity index (χ1n) is 11.2. The Balaban J connectivity index is 1.59. The number of nitrogens with one attached hydrogen (secondary N) is 2. The summed E-state index contributed by atoms with van der Waals surface area (Å²) in [5.74, 6) is 0.976. The Labute approximate surface area is 199 Å². The van der Waals surface area contributed by atoms with Gasteiger partial charge in [-0.05, 0) is 36.6 Å². The number of aryl methyl sites for hydroxylation is 2. The van der Waals surface area contributed by atoms with Crippen molar-refractivity contribution < 1.29 is 4.79 Å². The van der Waals surface area contributed by atoms with Crippen molar-refractivity contribution in [1.29, 1.82) is 0 Å². The molecule has 0 bridgehead atoms. The number of rotatable bonds is 8. The summed E-state index contributed by atoms with van der Waals surface area (Å²) < 4.78 is 2.14. The van der Waals surface area contributed by atoms with Gasteiger partial charge in [0.15, 0.2) is 5.65 Å². The molecule has 0 aliphatic rings. The van der Waals surface area contributed by atoms with Crippen LogP contribution in [-0.4, -0.2) is 20.6 Å². The van der Waals surface area contributed by atoms with E-state index in [1.165, 1.54) is 0 Å². The molecule has 170 valence electrons. The first kappa shape index (κ1) is 22.8. The van der Waals surface area contributed by atoms with Crippen LogP contribution in [0.15, 0.2) is 60.7 Å². The summed E-state index contributed by atoms with van der Waals surface area (Å²) in [6.07, 6.45) is 2.98. The molecule has 2 N–H and O–H groups in total. The number of anilines is 1. The molecule has 6 nitrogen and oxygen atoms in total. The number of unbranched alkanes of at least 4 members (excludes halogenated alkanes) is 1. The second-order valence-electron chi connectivity index (χ2n) is 8.07. The van der Waals surface area contributed by atoms with Crippen LogP contribution >= 0.6 is 11.6 Å². The lowest BCUT2D eigenvalue weighted by Gasteiger charge is -2.12. The fourth-order valence-corrected chi connectivity index (χ4v) is 3.94. The molecule has 2 aromatic carbocycles. The number of hydrogen-bond donors (Lipinski definition) is 2. The minimum atomic E-state index is -0.273. The van der Waals surface area contributed by atoms with E-state index >= 15 is 0 Å². The molecule has 0 atom stereocenters. The van der Waals surface area contributed by atoms with Gasteiger partial charge < -0.3 is 15.2 Å². The van der Waals surface area contributed by atoms with Gasteiger partial charge in [0.1, 0.15) is 11.3 Å². The molecule has 4 rings (SSSR count). The van der Waals surface area contributed by atoms with Crippen molar-refractivity contribution in [3.8, 4) is 0 Å². The van der Waals surface area contributed by atoms with E-state index in [1.54, 1.807) is 0 Å². The fraction of sp³-hybridized carbons (Fsp3) is 0.269. The third-order valence-corrected chi connectivity index (χ3v) is 5.94. The van der Waals surface area contributed by atoms with Crippen LogP contribution < -0.4 is 10.6 Å². The van der Waals surface area contributed by atoms with Gasteiger partial charge >= 0.3 is 6.03 Å². The van der Waals surface area contributed by atoms with E-state index in [1.807, 2.05) is 67.6 Å². The Hall–Kier alpha value is -3.38. The maximum atomic E-state index is 12.5. The highest BCUT2D eigenvalue weighted by Gasteiger charge is 2.16. The molecule has 0 spiro atoms. The SMILES string of the molecule is CCCCc1nc2cc(NC(=O)NCc3ccccc3)c(C)nc2n1Cc1ccccc1Cl. The zero-order chi connectivity index (χ0) is 23.2. The van der Waals surface area contributed by atoms with Crippen LogP contribution in [0.1, 0.15) is 42.4 Å². The van der Waals surface area contributed by atoms with E-state index < -0.39 is 0 Å². The maximum Gasteiger partial charge on any atom is 0.319 e. The van der Waals surface area contributed by atoms with Gasteiger partial charge in [0.2, 0.25) is 0 Å². The predicted molar refractivity (Wildman–Crippen MR) is 134 cm³/mol. The first-order valence-corrected chi connectivity index (χ1v) is 11.6. The van der Waals surface area contributed by atoms with E-state index in [0.29, 0.717) is 18.8 Å². The van der Waals surface area contributed by atoms with Gasteiger partial charge in [-0.15, -0.1) is 0 Å². The molecule has 0 aliphatic heterocycles. The molecule has 0 radical (unpaired) electrons. The number of fused-ring (bicyclic) bond motifs is 1. The van der Waals surface area contributed by atoms with Crippen LogP contribution in [0.3, 0.4) is 0 Å². The smallest absolute Gasteiger partial charge is 0.319 e. The molecule has 7 heteroatoms. The summed E-state index contributed by atoms with van der Waals surface area (Å²) in [6, 6.07) is 19.3. The van der Waals surface area contributed by atoms with Crippen LogP contribution in [0.4, 0.5) is 10.5 Å². The zero-order valence-corrected chi connectivity index (χ0v) is 19.7. The number of nitrogens with zero attached hydrogens (tertiary/aromatic N) is 3. The summed E-state index contributed by atoms with van der Waals surface area (Å²) in [7, 11) is 0. The zero-order valence-electron chi connectivity index (χ0n) is 18.9. The Kier molecular flexibility index (Phi) is 7.25. The molecular formula is C26H28ClN5O. The Morgan fingerprint density at radius 3 is 2.58 bits per heavy atom. The monoisotopic (exact) mass is 461 g/mol. The number of urea groups is 1.